The van der Waals surface area contributed by atoms with Gasteiger partial charge < -0.3 is 5.32 Å². The van der Waals surface area contributed by atoms with E-state index in [9.17, 15) is 18.0 Å². The van der Waals surface area contributed by atoms with Gasteiger partial charge >= 0.3 is 6.18 Å². The number of halogens is 3. The number of alkyl halides is 3. The van der Waals surface area contributed by atoms with E-state index in [0.29, 0.717) is 5.82 Å². The van der Waals surface area contributed by atoms with E-state index in [1.165, 1.54) is 12.1 Å². The number of anilines is 1. The Morgan fingerprint density at radius 2 is 1.96 bits per heavy atom. The molecule has 3 rings (SSSR count). The van der Waals surface area contributed by atoms with Crippen LogP contribution in [-0.4, -0.2) is 15.7 Å². The number of rotatable bonds is 3. The van der Waals surface area contributed by atoms with Crippen LogP contribution in [0.4, 0.5) is 19.0 Å². The third-order valence-electron chi connectivity index (χ3n) is 4.03. The average Bonchev–Trinajstić information content (AvgIpc) is 3.17. The van der Waals surface area contributed by atoms with E-state index in [0.717, 1.165) is 37.8 Å². The van der Waals surface area contributed by atoms with E-state index in [2.05, 4.69) is 10.4 Å². The Balaban J connectivity index is 1.79. The monoisotopic (exact) mass is 323 g/mol. The number of amides is 1. The summed E-state index contributed by atoms with van der Waals surface area (Å²) in [7, 11) is 0. The molecule has 1 saturated carbocycles. The number of aromatic nitrogens is 2. The van der Waals surface area contributed by atoms with Gasteiger partial charge in [-0.2, -0.15) is 18.3 Å². The number of hydrogen-bond acceptors (Lipinski definition) is 2. The Kier molecular flexibility index (Phi) is 4.11. The minimum Gasteiger partial charge on any atom is -0.307 e. The molecule has 1 N–H and O–H groups in total. The zero-order valence-electron chi connectivity index (χ0n) is 12.3. The fourth-order valence-corrected chi connectivity index (χ4v) is 2.88. The van der Waals surface area contributed by atoms with Crippen molar-refractivity contribution in [3.63, 3.8) is 0 Å². The Bertz CT molecular complexity index is 703. The molecule has 0 atom stereocenters. The SMILES string of the molecule is O=C(Nc1ccnn1C1CCCC1)c1cccc(C(F)(F)F)c1. The van der Waals surface area contributed by atoms with E-state index in [1.54, 1.807) is 16.9 Å². The molecule has 1 fully saturated rings. The molecule has 4 nitrogen and oxygen atoms in total. The largest absolute Gasteiger partial charge is 0.416 e. The molecule has 1 heterocycles. The molecular formula is C16H16F3N3O. The highest BCUT2D eigenvalue weighted by atomic mass is 19.4. The maximum absolute atomic E-state index is 12.7. The number of hydrogen-bond donors (Lipinski definition) is 1. The highest BCUT2D eigenvalue weighted by Gasteiger charge is 2.31. The first-order chi connectivity index (χ1) is 10.9. The highest BCUT2D eigenvalue weighted by molar-refractivity contribution is 6.03. The fraction of sp³-hybridized carbons (Fsp3) is 0.375. The van der Waals surface area contributed by atoms with Crippen molar-refractivity contribution in [1.29, 1.82) is 0 Å². The molecule has 0 unspecified atom stereocenters. The standard InChI is InChI=1S/C16H16F3N3O/c17-16(18,19)12-5-3-4-11(10-12)15(23)21-14-8-9-20-22(14)13-6-1-2-7-13/h3-5,8-10,13H,1-2,6-7H2,(H,21,23). The van der Waals surface area contributed by atoms with E-state index in [-0.39, 0.29) is 11.6 Å². The lowest BCUT2D eigenvalue weighted by molar-refractivity contribution is -0.137. The Morgan fingerprint density at radius 1 is 1.22 bits per heavy atom. The van der Waals surface area contributed by atoms with Crippen LogP contribution in [-0.2, 0) is 6.18 Å². The fourth-order valence-electron chi connectivity index (χ4n) is 2.88. The van der Waals surface area contributed by atoms with Gasteiger partial charge in [0.05, 0.1) is 17.8 Å². The lowest BCUT2D eigenvalue weighted by atomic mass is 10.1. The molecule has 1 aliphatic rings. The van der Waals surface area contributed by atoms with Crippen LogP contribution in [0.2, 0.25) is 0 Å². The second-order valence-electron chi connectivity index (χ2n) is 5.63. The summed E-state index contributed by atoms with van der Waals surface area (Å²) in [5.41, 5.74) is -0.867. The van der Waals surface area contributed by atoms with Crippen LogP contribution in [0.15, 0.2) is 36.5 Å². The van der Waals surface area contributed by atoms with Gasteiger partial charge in [0.15, 0.2) is 0 Å². The molecular weight excluding hydrogens is 307 g/mol. The predicted octanol–water partition coefficient (Wildman–Crippen LogP) is 4.27. The van der Waals surface area contributed by atoms with Gasteiger partial charge in [0, 0.05) is 11.6 Å². The van der Waals surface area contributed by atoms with Gasteiger partial charge in [0.25, 0.3) is 5.91 Å². The molecule has 2 aromatic rings. The number of carbonyl (C=O) groups excluding carboxylic acids is 1. The molecule has 0 aliphatic heterocycles. The van der Waals surface area contributed by atoms with Crippen molar-refractivity contribution in [1.82, 2.24) is 9.78 Å². The van der Waals surface area contributed by atoms with Crippen molar-refractivity contribution in [3.8, 4) is 0 Å². The van der Waals surface area contributed by atoms with Crippen LogP contribution in [0, 0.1) is 0 Å². The summed E-state index contributed by atoms with van der Waals surface area (Å²) in [4.78, 5) is 12.2. The van der Waals surface area contributed by atoms with Crippen molar-refractivity contribution in [3.05, 3.63) is 47.7 Å². The molecule has 1 aromatic carbocycles. The van der Waals surface area contributed by atoms with Gasteiger partial charge in [0.2, 0.25) is 0 Å². The second-order valence-corrected chi connectivity index (χ2v) is 5.63. The van der Waals surface area contributed by atoms with Crippen molar-refractivity contribution in [2.45, 2.75) is 37.9 Å². The number of carbonyl (C=O) groups is 1. The van der Waals surface area contributed by atoms with Gasteiger partial charge in [-0.25, -0.2) is 4.68 Å². The van der Waals surface area contributed by atoms with E-state index < -0.39 is 17.6 Å². The van der Waals surface area contributed by atoms with Crippen LogP contribution in [0.5, 0.6) is 0 Å². The quantitative estimate of drug-likeness (QED) is 0.917. The zero-order chi connectivity index (χ0) is 16.4. The summed E-state index contributed by atoms with van der Waals surface area (Å²) in [5.74, 6) is -0.0600. The summed E-state index contributed by atoms with van der Waals surface area (Å²) in [6.45, 7) is 0. The molecule has 0 saturated heterocycles. The Hall–Kier alpha value is -2.31. The third kappa shape index (κ3) is 3.38. The van der Waals surface area contributed by atoms with Crippen LogP contribution >= 0.6 is 0 Å². The number of benzene rings is 1. The summed E-state index contributed by atoms with van der Waals surface area (Å²) < 4.78 is 39.9. The lowest BCUT2D eigenvalue weighted by Crippen LogP contribution is -2.18. The number of nitrogens with one attached hydrogen (secondary N) is 1. The van der Waals surface area contributed by atoms with E-state index >= 15 is 0 Å². The topological polar surface area (TPSA) is 46.9 Å². The van der Waals surface area contributed by atoms with Gasteiger partial charge in [-0.15, -0.1) is 0 Å². The summed E-state index contributed by atoms with van der Waals surface area (Å²) >= 11 is 0. The first-order valence-electron chi connectivity index (χ1n) is 7.47. The van der Waals surface area contributed by atoms with Crippen molar-refractivity contribution < 1.29 is 18.0 Å². The van der Waals surface area contributed by atoms with E-state index in [1.807, 2.05) is 0 Å². The molecule has 0 spiro atoms. The molecule has 0 bridgehead atoms. The normalized spacial score (nSPS) is 15.8. The number of nitrogens with zero attached hydrogens (tertiary/aromatic N) is 2. The molecule has 1 aromatic heterocycles. The van der Waals surface area contributed by atoms with Gasteiger partial charge in [-0.05, 0) is 31.0 Å². The van der Waals surface area contributed by atoms with E-state index in [4.69, 9.17) is 0 Å². The molecule has 1 aliphatic carbocycles. The second kappa shape index (κ2) is 6.06. The minimum atomic E-state index is -4.47. The van der Waals surface area contributed by atoms with Crippen molar-refractivity contribution >= 4 is 11.7 Å². The van der Waals surface area contributed by atoms with Crippen LogP contribution in [0.1, 0.15) is 47.6 Å². The highest BCUT2D eigenvalue weighted by Crippen LogP contribution is 2.32. The van der Waals surface area contributed by atoms with Gasteiger partial charge in [-0.1, -0.05) is 18.9 Å². The third-order valence-corrected chi connectivity index (χ3v) is 4.03. The van der Waals surface area contributed by atoms with Crippen molar-refractivity contribution in [2.75, 3.05) is 5.32 Å². The van der Waals surface area contributed by atoms with Crippen molar-refractivity contribution in [2.24, 2.45) is 0 Å². The predicted molar refractivity (Wildman–Crippen MR) is 79.1 cm³/mol. The first kappa shape index (κ1) is 15.6. The minimum absolute atomic E-state index is 0.0287. The summed E-state index contributed by atoms with van der Waals surface area (Å²) in [5, 5.41) is 6.88. The molecule has 7 heteroatoms. The summed E-state index contributed by atoms with van der Waals surface area (Å²) in [6, 6.07) is 6.28. The molecule has 0 radical (unpaired) electrons. The van der Waals surface area contributed by atoms with Crippen LogP contribution in [0.25, 0.3) is 0 Å². The lowest BCUT2D eigenvalue weighted by Gasteiger charge is -2.15. The van der Waals surface area contributed by atoms with Gasteiger partial charge in [0.1, 0.15) is 5.82 Å². The maximum Gasteiger partial charge on any atom is 0.416 e. The smallest absolute Gasteiger partial charge is 0.307 e. The molecule has 23 heavy (non-hydrogen) atoms. The molecule has 1 amide bonds. The van der Waals surface area contributed by atoms with Crippen LogP contribution in [0.3, 0.4) is 0 Å². The zero-order valence-corrected chi connectivity index (χ0v) is 12.3. The summed E-state index contributed by atoms with van der Waals surface area (Å²) in [6.07, 6.45) is 1.33. The Morgan fingerprint density at radius 3 is 2.65 bits per heavy atom. The van der Waals surface area contributed by atoms with Crippen LogP contribution < -0.4 is 5.32 Å². The molecule has 122 valence electrons. The van der Waals surface area contributed by atoms with Gasteiger partial charge in [-0.3, -0.25) is 4.79 Å². The first-order valence-corrected chi connectivity index (χ1v) is 7.47. The Labute approximate surface area is 131 Å². The average molecular weight is 323 g/mol. The maximum atomic E-state index is 12.7.